The minimum atomic E-state index is -0.161. The SMILES string of the molecule is CCCCCCCCOC(CCCC(C)CC(C)CC(C)CC(C)CC(C)CC(C)CCCI)OC(CCCC(C)CC(C)CC(C)CC(C)CC(C)CC(C)CCCI)OCCCCCCCC. The van der Waals surface area contributed by atoms with Crippen molar-refractivity contribution in [2.45, 2.75) is 315 Å². The summed E-state index contributed by atoms with van der Waals surface area (Å²) in [6.45, 7) is 36.4. The van der Waals surface area contributed by atoms with Crippen LogP contribution >= 0.6 is 45.2 Å². The summed E-state index contributed by atoms with van der Waals surface area (Å²) in [7, 11) is 0. The van der Waals surface area contributed by atoms with Crippen LogP contribution in [0, 0.1) is 71.0 Å². The first-order chi connectivity index (χ1) is 33.0. The lowest BCUT2D eigenvalue weighted by Crippen LogP contribution is -2.28. The number of hydrogen-bond donors (Lipinski definition) is 0. The van der Waals surface area contributed by atoms with Gasteiger partial charge in [-0.15, -0.1) is 0 Å². The molecule has 14 unspecified atom stereocenters. The highest BCUT2D eigenvalue weighted by Gasteiger charge is 2.22. The maximum Gasteiger partial charge on any atom is 0.160 e. The van der Waals surface area contributed by atoms with E-state index in [1.54, 1.807) is 0 Å². The fourth-order valence-electron chi connectivity index (χ4n) is 13.0. The maximum absolute atomic E-state index is 6.93. The quantitative estimate of drug-likeness (QED) is 0.0263. The van der Waals surface area contributed by atoms with Crippen molar-refractivity contribution in [2.75, 3.05) is 22.1 Å². The Kier molecular flexibility index (Phi) is 48.7. The minimum absolute atomic E-state index is 0.161. The summed E-state index contributed by atoms with van der Waals surface area (Å²) in [4.78, 5) is 0. The number of ether oxygens (including phenoxy) is 3. The lowest BCUT2D eigenvalue weighted by Gasteiger charge is -2.27. The van der Waals surface area contributed by atoms with Gasteiger partial charge in [-0.05, 0) is 208 Å². The zero-order valence-corrected chi connectivity index (χ0v) is 53.8. The lowest BCUT2D eigenvalue weighted by molar-refractivity contribution is -0.250. The molecule has 0 radical (unpaired) electrons. The van der Waals surface area contributed by atoms with Crippen LogP contribution in [0.5, 0.6) is 0 Å². The number of halogens is 2. The molecule has 0 aliphatic carbocycles. The standard InChI is InChI=1S/C64H128I2O3/c1-15-17-19-21-23-25-39-67-63(35-27-31-51(3)41-55(7)45-59(11)49-61(13)47-57(9)43-53(5)33-29-37-65)69-64(68-40-26-24-22-20-18-16-2)36-28-32-52(4)42-56(8)46-60(12)50-62(14)48-58(10)44-54(6)34-30-38-66/h51-64H,15-50H2,1-14H3. The summed E-state index contributed by atoms with van der Waals surface area (Å²) in [6, 6.07) is 0. The summed E-state index contributed by atoms with van der Waals surface area (Å²) in [5, 5.41) is 0. The second-order valence-electron chi connectivity index (χ2n) is 25.4. The molecule has 0 saturated heterocycles. The van der Waals surface area contributed by atoms with E-state index in [9.17, 15) is 0 Å². The van der Waals surface area contributed by atoms with Crippen molar-refractivity contribution in [3.63, 3.8) is 0 Å². The van der Waals surface area contributed by atoms with Gasteiger partial charge in [-0.2, -0.15) is 0 Å². The molecule has 0 aliphatic heterocycles. The van der Waals surface area contributed by atoms with Crippen LogP contribution < -0.4 is 0 Å². The van der Waals surface area contributed by atoms with Crippen molar-refractivity contribution in [3.05, 3.63) is 0 Å². The van der Waals surface area contributed by atoms with Crippen molar-refractivity contribution >= 4 is 45.2 Å². The van der Waals surface area contributed by atoms with Crippen molar-refractivity contribution < 1.29 is 14.2 Å². The van der Waals surface area contributed by atoms with Gasteiger partial charge in [0.2, 0.25) is 0 Å². The van der Waals surface area contributed by atoms with E-state index in [0.717, 1.165) is 110 Å². The smallest absolute Gasteiger partial charge is 0.160 e. The van der Waals surface area contributed by atoms with E-state index < -0.39 is 0 Å². The molecule has 0 N–H and O–H groups in total. The first kappa shape index (κ1) is 70.3. The zero-order valence-electron chi connectivity index (χ0n) is 49.5. The first-order valence-corrected chi connectivity index (χ1v) is 34.1. The van der Waals surface area contributed by atoms with Gasteiger partial charge in [-0.1, -0.05) is 219 Å². The molecule has 416 valence electrons. The van der Waals surface area contributed by atoms with Crippen molar-refractivity contribution in [1.29, 1.82) is 0 Å². The second-order valence-corrected chi connectivity index (χ2v) is 27.6. The van der Waals surface area contributed by atoms with Gasteiger partial charge in [-0.3, -0.25) is 0 Å². The fraction of sp³-hybridized carbons (Fsp3) is 1.00. The number of hydrogen-bond acceptors (Lipinski definition) is 3. The molecule has 69 heavy (non-hydrogen) atoms. The molecule has 0 aromatic heterocycles. The molecule has 0 saturated carbocycles. The molecule has 0 aliphatic rings. The normalized spacial score (nSPS) is 18.4. The van der Waals surface area contributed by atoms with E-state index in [1.807, 2.05) is 0 Å². The Morgan fingerprint density at radius 1 is 0.261 bits per heavy atom. The summed E-state index contributed by atoms with van der Waals surface area (Å²) in [6.07, 6.45) is 41.3. The van der Waals surface area contributed by atoms with Crippen molar-refractivity contribution in [1.82, 2.24) is 0 Å². The van der Waals surface area contributed by atoms with Crippen LogP contribution in [0.3, 0.4) is 0 Å². The van der Waals surface area contributed by atoms with Gasteiger partial charge in [-0.25, -0.2) is 0 Å². The third kappa shape index (κ3) is 45.3. The van der Waals surface area contributed by atoms with Crippen LogP contribution in [-0.4, -0.2) is 34.6 Å². The van der Waals surface area contributed by atoms with Gasteiger partial charge in [0.05, 0.1) is 0 Å². The Morgan fingerprint density at radius 3 is 0.754 bits per heavy atom. The number of unbranched alkanes of at least 4 members (excludes halogenated alkanes) is 10. The van der Waals surface area contributed by atoms with Gasteiger partial charge in [0, 0.05) is 13.2 Å². The summed E-state index contributed by atoms with van der Waals surface area (Å²) in [5.74, 6) is 9.80. The monoisotopic (exact) mass is 1200 g/mol. The topological polar surface area (TPSA) is 27.7 Å². The Balaban J connectivity index is 5.31. The highest BCUT2D eigenvalue weighted by molar-refractivity contribution is 14.1. The summed E-state index contributed by atoms with van der Waals surface area (Å²) in [5.41, 5.74) is 0. The van der Waals surface area contributed by atoms with Gasteiger partial charge in [0.25, 0.3) is 0 Å². The lowest BCUT2D eigenvalue weighted by atomic mass is 9.81. The van der Waals surface area contributed by atoms with Crippen LogP contribution in [-0.2, 0) is 14.2 Å². The van der Waals surface area contributed by atoms with E-state index in [0.29, 0.717) is 0 Å². The second kappa shape index (κ2) is 47.8. The average molecular weight is 1200 g/mol. The molecular formula is C64H128I2O3. The van der Waals surface area contributed by atoms with E-state index in [2.05, 4.69) is 142 Å². The van der Waals surface area contributed by atoms with Crippen LogP contribution in [0.25, 0.3) is 0 Å². The van der Waals surface area contributed by atoms with Crippen molar-refractivity contribution in [3.8, 4) is 0 Å². The summed E-state index contributed by atoms with van der Waals surface area (Å²) >= 11 is 5.07. The molecule has 0 fully saturated rings. The van der Waals surface area contributed by atoms with Gasteiger partial charge < -0.3 is 14.2 Å². The van der Waals surface area contributed by atoms with Crippen LogP contribution in [0.1, 0.15) is 302 Å². The molecule has 14 atom stereocenters. The Bertz CT molecular complexity index is 978. The molecule has 0 heterocycles. The highest BCUT2D eigenvalue weighted by atomic mass is 127. The molecule has 0 rings (SSSR count). The van der Waals surface area contributed by atoms with Crippen LogP contribution in [0.2, 0.25) is 0 Å². The molecule has 0 bridgehead atoms. The Hall–Kier alpha value is 1.34. The minimum Gasteiger partial charge on any atom is -0.353 e. The third-order valence-corrected chi connectivity index (χ3v) is 17.4. The average Bonchev–Trinajstić information content (AvgIpc) is 3.25. The molecule has 5 heteroatoms. The predicted molar refractivity (Wildman–Crippen MR) is 327 cm³/mol. The maximum atomic E-state index is 6.93. The third-order valence-electron chi connectivity index (χ3n) is 15.9. The molecule has 0 aromatic carbocycles. The molecule has 0 spiro atoms. The van der Waals surface area contributed by atoms with Gasteiger partial charge in [0.15, 0.2) is 12.6 Å². The van der Waals surface area contributed by atoms with Crippen molar-refractivity contribution in [2.24, 2.45) is 71.0 Å². The van der Waals surface area contributed by atoms with E-state index in [-0.39, 0.29) is 12.6 Å². The predicted octanol–water partition coefficient (Wildman–Crippen LogP) is 22.7. The fourth-order valence-corrected chi connectivity index (χ4v) is 13.9. The molecule has 0 aromatic rings. The highest BCUT2D eigenvalue weighted by Crippen LogP contribution is 2.32. The summed E-state index contributed by atoms with van der Waals surface area (Å²) < 4.78 is 22.9. The van der Waals surface area contributed by atoms with Crippen LogP contribution in [0.4, 0.5) is 0 Å². The van der Waals surface area contributed by atoms with E-state index in [4.69, 9.17) is 14.2 Å². The Morgan fingerprint density at radius 2 is 0.493 bits per heavy atom. The van der Waals surface area contributed by atoms with Gasteiger partial charge >= 0.3 is 0 Å². The van der Waals surface area contributed by atoms with Crippen LogP contribution in [0.15, 0.2) is 0 Å². The first-order valence-electron chi connectivity index (χ1n) is 31.0. The van der Waals surface area contributed by atoms with E-state index >= 15 is 0 Å². The molecule has 3 nitrogen and oxygen atoms in total. The Labute approximate surface area is 464 Å². The number of alkyl halides is 2. The number of rotatable bonds is 52. The molecule has 0 amide bonds. The zero-order chi connectivity index (χ0) is 51.7. The van der Waals surface area contributed by atoms with E-state index in [1.165, 1.54) is 189 Å². The van der Waals surface area contributed by atoms with Gasteiger partial charge in [0.1, 0.15) is 0 Å². The molecular weight excluding hydrogens is 1070 g/mol. The largest absolute Gasteiger partial charge is 0.353 e.